The number of amides is 4. The monoisotopic (exact) mass is 453 g/mol. The molecule has 3 aliphatic rings. The Kier molecular flexibility index (Phi) is 5.00. The van der Waals surface area contributed by atoms with Crippen LogP contribution < -0.4 is 21.5 Å². The van der Waals surface area contributed by atoms with Gasteiger partial charge >= 0.3 is 0 Å². The van der Waals surface area contributed by atoms with Gasteiger partial charge in [-0.2, -0.15) is 0 Å². The van der Waals surface area contributed by atoms with Crippen molar-refractivity contribution in [2.45, 2.75) is 44.8 Å². The van der Waals surface area contributed by atoms with Gasteiger partial charge in [0.25, 0.3) is 5.56 Å². The topological polar surface area (TPSA) is 148 Å². The number of anilines is 1. The maximum atomic E-state index is 13.5. The minimum Gasteiger partial charge on any atom is -0.376 e. The summed E-state index contributed by atoms with van der Waals surface area (Å²) < 4.78 is 6.94. The van der Waals surface area contributed by atoms with Gasteiger partial charge in [0, 0.05) is 19.6 Å². The molecule has 33 heavy (non-hydrogen) atoms. The van der Waals surface area contributed by atoms with Gasteiger partial charge in [-0.15, -0.1) is 0 Å². The van der Waals surface area contributed by atoms with E-state index in [2.05, 4.69) is 20.9 Å². The second-order valence-electron chi connectivity index (χ2n) is 8.70. The van der Waals surface area contributed by atoms with Gasteiger partial charge in [-0.05, 0) is 31.9 Å². The predicted molar refractivity (Wildman–Crippen MR) is 115 cm³/mol. The molecule has 0 aliphatic carbocycles. The molecule has 172 valence electrons. The standard InChI is InChI=1S/C22H23N5O6/c1-11-24-12-3-2-4-13(18(12)20(31)27(11)14-5-6-16(28)26-19(14)30)25-21(32)22-7-8-33-15(22)9-17(29)23-10-22/h2-4,14-15H,5-10H2,1H3,(H,23,29)(H,25,32)(H,26,28,30)/t14?,15-,22-/m0/s1. The van der Waals surface area contributed by atoms with Gasteiger partial charge in [-0.25, -0.2) is 4.98 Å². The number of hydrogen-bond donors (Lipinski definition) is 3. The van der Waals surface area contributed by atoms with Crippen molar-refractivity contribution in [2.24, 2.45) is 5.41 Å². The molecule has 3 atom stereocenters. The maximum Gasteiger partial charge on any atom is 0.264 e. The maximum absolute atomic E-state index is 13.5. The number of aryl methyl sites for hydroxylation is 1. The molecule has 0 radical (unpaired) electrons. The molecule has 3 N–H and O–H groups in total. The van der Waals surface area contributed by atoms with E-state index in [9.17, 15) is 24.0 Å². The Bertz CT molecular complexity index is 1270. The number of imide groups is 1. The van der Waals surface area contributed by atoms with Crippen LogP contribution in [0.15, 0.2) is 23.0 Å². The number of hydrogen-bond acceptors (Lipinski definition) is 7. The van der Waals surface area contributed by atoms with Crippen molar-refractivity contribution in [3.05, 3.63) is 34.4 Å². The molecule has 11 nitrogen and oxygen atoms in total. The highest BCUT2D eigenvalue weighted by Crippen LogP contribution is 2.40. The van der Waals surface area contributed by atoms with Crippen molar-refractivity contribution in [1.29, 1.82) is 0 Å². The summed E-state index contributed by atoms with van der Waals surface area (Å²) in [5.74, 6) is -1.10. The van der Waals surface area contributed by atoms with Crippen LogP contribution in [0.1, 0.15) is 37.5 Å². The first-order valence-corrected chi connectivity index (χ1v) is 10.9. The number of nitrogens with zero attached hydrogens (tertiary/aromatic N) is 2. The zero-order valence-corrected chi connectivity index (χ0v) is 18.0. The number of ether oxygens (including phenoxy) is 1. The van der Waals surface area contributed by atoms with Crippen molar-refractivity contribution < 1.29 is 23.9 Å². The van der Waals surface area contributed by atoms with Crippen LogP contribution in [0.25, 0.3) is 10.9 Å². The van der Waals surface area contributed by atoms with Gasteiger partial charge in [-0.1, -0.05) is 6.07 Å². The summed E-state index contributed by atoms with van der Waals surface area (Å²) in [4.78, 5) is 67.2. The smallest absolute Gasteiger partial charge is 0.264 e. The van der Waals surface area contributed by atoms with E-state index in [0.29, 0.717) is 24.4 Å². The van der Waals surface area contributed by atoms with Crippen molar-refractivity contribution in [3.63, 3.8) is 0 Å². The van der Waals surface area contributed by atoms with Gasteiger partial charge in [0.2, 0.25) is 23.6 Å². The van der Waals surface area contributed by atoms with Crippen LogP contribution in [0.4, 0.5) is 5.69 Å². The third-order valence-electron chi connectivity index (χ3n) is 6.78. The molecule has 5 rings (SSSR count). The molecule has 3 fully saturated rings. The van der Waals surface area contributed by atoms with Crippen molar-refractivity contribution in [2.75, 3.05) is 18.5 Å². The van der Waals surface area contributed by atoms with E-state index in [1.807, 2.05) is 0 Å². The molecule has 0 bridgehead atoms. The lowest BCUT2D eigenvalue weighted by Crippen LogP contribution is -2.56. The lowest BCUT2D eigenvalue weighted by molar-refractivity contribution is -0.138. The second-order valence-corrected chi connectivity index (χ2v) is 8.70. The zero-order chi connectivity index (χ0) is 23.3. The highest BCUT2D eigenvalue weighted by molar-refractivity contribution is 6.04. The Morgan fingerprint density at radius 2 is 2.06 bits per heavy atom. The average molecular weight is 453 g/mol. The van der Waals surface area contributed by atoms with E-state index in [1.54, 1.807) is 25.1 Å². The summed E-state index contributed by atoms with van der Waals surface area (Å²) in [5, 5.41) is 8.05. The van der Waals surface area contributed by atoms with Crippen LogP contribution >= 0.6 is 0 Å². The summed E-state index contributed by atoms with van der Waals surface area (Å²) in [6.45, 7) is 2.15. The fourth-order valence-corrected chi connectivity index (χ4v) is 5.00. The number of carbonyl (C=O) groups is 4. The van der Waals surface area contributed by atoms with Crippen LogP contribution in [-0.2, 0) is 23.9 Å². The third-order valence-corrected chi connectivity index (χ3v) is 6.78. The first-order chi connectivity index (χ1) is 15.8. The van der Waals surface area contributed by atoms with Crippen LogP contribution in [0, 0.1) is 12.3 Å². The summed E-state index contributed by atoms with van der Waals surface area (Å²) in [6, 6.07) is 4.09. The number of aromatic nitrogens is 2. The van der Waals surface area contributed by atoms with Gasteiger partial charge in [0.1, 0.15) is 11.9 Å². The Hall–Kier alpha value is -3.60. The minimum atomic E-state index is -0.920. The van der Waals surface area contributed by atoms with Gasteiger partial charge in [0.05, 0.1) is 34.5 Å². The number of nitrogens with one attached hydrogen (secondary N) is 3. The van der Waals surface area contributed by atoms with E-state index in [1.165, 1.54) is 4.57 Å². The Morgan fingerprint density at radius 1 is 1.24 bits per heavy atom. The highest BCUT2D eigenvalue weighted by Gasteiger charge is 2.53. The normalized spacial score (nSPS) is 27.1. The highest BCUT2D eigenvalue weighted by atomic mass is 16.5. The lowest BCUT2D eigenvalue weighted by atomic mass is 9.76. The Labute approximate surface area is 187 Å². The first kappa shape index (κ1) is 21.3. The van der Waals surface area contributed by atoms with Crippen LogP contribution in [0.2, 0.25) is 0 Å². The molecule has 0 spiro atoms. The largest absolute Gasteiger partial charge is 0.376 e. The molecule has 3 saturated heterocycles. The number of piperidine rings is 2. The summed E-state index contributed by atoms with van der Waals surface area (Å²) >= 11 is 0. The predicted octanol–water partition coefficient (Wildman–Crippen LogP) is -0.0837. The number of benzene rings is 1. The third kappa shape index (κ3) is 3.39. The minimum absolute atomic E-state index is 0.103. The number of rotatable bonds is 3. The summed E-state index contributed by atoms with van der Waals surface area (Å²) in [5.41, 5.74) is -0.742. The molecule has 2 aromatic rings. The van der Waals surface area contributed by atoms with Gasteiger partial charge in [0.15, 0.2) is 0 Å². The Morgan fingerprint density at radius 3 is 2.85 bits per heavy atom. The average Bonchev–Trinajstić information content (AvgIpc) is 3.19. The number of fused-ring (bicyclic) bond motifs is 2. The van der Waals surface area contributed by atoms with Crippen molar-refractivity contribution in [1.82, 2.24) is 20.2 Å². The molecule has 4 heterocycles. The lowest BCUT2D eigenvalue weighted by Gasteiger charge is -2.36. The molecular weight excluding hydrogens is 430 g/mol. The van der Waals surface area contributed by atoms with E-state index in [-0.39, 0.29) is 54.6 Å². The molecular formula is C22H23N5O6. The quantitative estimate of drug-likeness (QED) is 0.550. The Balaban J connectivity index is 1.55. The number of carbonyl (C=O) groups excluding carboxylic acids is 4. The van der Waals surface area contributed by atoms with Crippen LogP contribution in [0.5, 0.6) is 0 Å². The fraction of sp³-hybridized carbons (Fsp3) is 0.455. The molecule has 1 unspecified atom stereocenters. The van der Waals surface area contributed by atoms with Crippen molar-refractivity contribution in [3.8, 4) is 0 Å². The summed E-state index contributed by atoms with van der Waals surface area (Å²) in [7, 11) is 0. The molecule has 11 heteroatoms. The SMILES string of the molecule is Cc1nc2cccc(NC(=O)[C@]34CCO[C@H]3CC(=O)NC4)c2c(=O)n1C1CCC(=O)NC1=O. The van der Waals surface area contributed by atoms with Crippen LogP contribution in [-0.4, -0.2) is 52.4 Å². The van der Waals surface area contributed by atoms with E-state index < -0.39 is 29.0 Å². The van der Waals surface area contributed by atoms with Gasteiger partial charge < -0.3 is 15.4 Å². The van der Waals surface area contributed by atoms with Crippen molar-refractivity contribution >= 4 is 40.2 Å². The zero-order valence-electron chi connectivity index (χ0n) is 18.0. The van der Waals surface area contributed by atoms with E-state index >= 15 is 0 Å². The molecule has 1 aromatic heterocycles. The molecule has 0 saturated carbocycles. The molecule has 3 aliphatic heterocycles. The van der Waals surface area contributed by atoms with E-state index in [0.717, 1.165) is 0 Å². The van der Waals surface area contributed by atoms with E-state index in [4.69, 9.17) is 4.74 Å². The molecule has 1 aromatic carbocycles. The van der Waals surface area contributed by atoms with Crippen LogP contribution in [0.3, 0.4) is 0 Å². The fourth-order valence-electron chi connectivity index (χ4n) is 5.00. The summed E-state index contributed by atoms with van der Waals surface area (Å²) in [6.07, 6.45) is 0.337. The second kappa shape index (κ2) is 7.77. The first-order valence-electron chi connectivity index (χ1n) is 10.9. The van der Waals surface area contributed by atoms with Gasteiger partial charge in [-0.3, -0.25) is 33.9 Å². The molecule has 4 amide bonds.